The van der Waals surface area contributed by atoms with E-state index < -0.39 is 0 Å². The molecule has 1 aromatic rings. The van der Waals surface area contributed by atoms with E-state index in [9.17, 15) is 4.79 Å². The smallest absolute Gasteiger partial charge is 0.234 e. The molecular formula is C17H26ClN3O. The van der Waals surface area contributed by atoms with Crippen molar-refractivity contribution in [1.29, 1.82) is 0 Å². The summed E-state index contributed by atoms with van der Waals surface area (Å²) in [6.07, 6.45) is 0.915. The maximum absolute atomic E-state index is 12.3. The number of halogens is 1. The molecule has 1 aromatic carbocycles. The monoisotopic (exact) mass is 323 g/mol. The summed E-state index contributed by atoms with van der Waals surface area (Å²) in [7, 11) is 0. The Morgan fingerprint density at radius 2 is 2.27 bits per heavy atom. The summed E-state index contributed by atoms with van der Waals surface area (Å²) < 4.78 is 0. The second-order valence-corrected chi connectivity index (χ2v) is 6.97. The van der Waals surface area contributed by atoms with E-state index in [0.29, 0.717) is 6.54 Å². The highest BCUT2D eigenvalue weighted by atomic mass is 35.5. The second-order valence-electron chi connectivity index (χ2n) is 6.53. The fourth-order valence-electron chi connectivity index (χ4n) is 2.67. The summed E-state index contributed by atoms with van der Waals surface area (Å²) >= 11 is 6.11. The first kappa shape index (κ1) is 17.3. The van der Waals surface area contributed by atoms with Gasteiger partial charge < -0.3 is 10.6 Å². The Bertz CT molecular complexity index is 518. The van der Waals surface area contributed by atoms with Gasteiger partial charge in [-0.25, -0.2) is 0 Å². The number of nitrogens with zero attached hydrogens (tertiary/aromatic N) is 1. The number of rotatable bonds is 5. The quantitative estimate of drug-likeness (QED) is 0.875. The summed E-state index contributed by atoms with van der Waals surface area (Å²) in [6, 6.07) is 8.08. The van der Waals surface area contributed by atoms with E-state index in [1.165, 1.54) is 0 Å². The average Bonchev–Trinajstić information content (AvgIpc) is 2.47. The summed E-state index contributed by atoms with van der Waals surface area (Å²) in [6.45, 7) is 9.21. The van der Waals surface area contributed by atoms with Gasteiger partial charge in [0.2, 0.25) is 5.91 Å². The Morgan fingerprint density at radius 3 is 2.95 bits per heavy atom. The molecule has 1 heterocycles. The zero-order chi connectivity index (χ0) is 16.2. The molecule has 22 heavy (non-hydrogen) atoms. The average molecular weight is 324 g/mol. The van der Waals surface area contributed by atoms with Gasteiger partial charge in [0.1, 0.15) is 0 Å². The predicted octanol–water partition coefficient (Wildman–Crippen LogP) is 2.59. The first-order chi connectivity index (χ1) is 10.4. The lowest BCUT2D eigenvalue weighted by Crippen LogP contribution is -2.52. The number of nitrogens with one attached hydrogen (secondary N) is 2. The molecule has 122 valence electrons. The molecule has 0 aliphatic carbocycles. The number of amides is 1. The van der Waals surface area contributed by atoms with Gasteiger partial charge in [0.25, 0.3) is 0 Å². The molecule has 4 nitrogen and oxygen atoms in total. The van der Waals surface area contributed by atoms with Crippen molar-refractivity contribution in [2.24, 2.45) is 0 Å². The van der Waals surface area contributed by atoms with Gasteiger partial charge in [0.15, 0.2) is 0 Å². The lowest BCUT2D eigenvalue weighted by Gasteiger charge is -2.37. The number of benzene rings is 1. The number of hydrogen-bond donors (Lipinski definition) is 2. The minimum absolute atomic E-state index is 0.0841. The minimum atomic E-state index is -0.156. The maximum atomic E-state index is 12.3. The topological polar surface area (TPSA) is 44.4 Å². The lowest BCUT2D eigenvalue weighted by atomic mass is 10.0. The normalized spacial score (nSPS) is 19.9. The molecule has 1 amide bonds. The van der Waals surface area contributed by atoms with Gasteiger partial charge in [0.05, 0.1) is 6.54 Å². The lowest BCUT2D eigenvalue weighted by molar-refractivity contribution is -0.124. The van der Waals surface area contributed by atoms with Crippen LogP contribution in [-0.4, -0.2) is 42.5 Å². The zero-order valence-electron chi connectivity index (χ0n) is 13.7. The molecule has 1 aliphatic rings. The Labute approximate surface area is 138 Å². The fourth-order valence-corrected chi connectivity index (χ4v) is 2.87. The molecule has 0 bridgehead atoms. The molecule has 1 aliphatic heterocycles. The number of carbonyl (C=O) groups excluding carboxylic acids is 1. The third-order valence-electron chi connectivity index (χ3n) is 4.30. The van der Waals surface area contributed by atoms with E-state index in [4.69, 9.17) is 11.6 Å². The molecule has 0 spiro atoms. The number of piperazine rings is 1. The van der Waals surface area contributed by atoms with Crippen molar-refractivity contribution in [3.63, 3.8) is 0 Å². The van der Waals surface area contributed by atoms with Crippen LogP contribution in [0.15, 0.2) is 24.3 Å². The summed E-state index contributed by atoms with van der Waals surface area (Å²) in [5.41, 5.74) is 0.999. The van der Waals surface area contributed by atoms with Gasteiger partial charge in [-0.1, -0.05) is 30.7 Å². The molecular weight excluding hydrogens is 298 g/mol. The van der Waals surface area contributed by atoms with Crippen LogP contribution in [0, 0.1) is 0 Å². The first-order valence-electron chi connectivity index (χ1n) is 7.92. The van der Waals surface area contributed by atoms with Gasteiger partial charge in [-0.15, -0.1) is 0 Å². The van der Waals surface area contributed by atoms with Crippen LogP contribution in [0.2, 0.25) is 5.02 Å². The molecule has 1 fully saturated rings. The van der Waals surface area contributed by atoms with Crippen molar-refractivity contribution >= 4 is 17.5 Å². The van der Waals surface area contributed by atoms with E-state index in [2.05, 4.69) is 42.4 Å². The Hall–Kier alpha value is -1.10. The summed E-state index contributed by atoms with van der Waals surface area (Å²) in [4.78, 5) is 14.6. The first-order valence-corrected chi connectivity index (χ1v) is 8.30. The van der Waals surface area contributed by atoms with Crippen molar-refractivity contribution in [3.05, 3.63) is 34.9 Å². The van der Waals surface area contributed by atoms with Crippen LogP contribution in [-0.2, 0) is 4.79 Å². The standard InChI is InChI=1S/C17H26ClN3O/c1-4-17(2,3)20-16(22)12-21-9-8-19-11-15(21)13-6-5-7-14(18)10-13/h5-7,10,15,19H,4,8-9,11-12H2,1-3H3,(H,20,22). The van der Waals surface area contributed by atoms with Crippen molar-refractivity contribution < 1.29 is 4.79 Å². The number of carbonyl (C=O) groups is 1. The zero-order valence-corrected chi connectivity index (χ0v) is 14.4. The Balaban J connectivity index is 2.05. The molecule has 1 saturated heterocycles. The highest BCUT2D eigenvalue weighted by Crippen LogP contribution is 2.24. The van der Waals surface area contributed by atoms with E-state index in [1.807, 2.05) is 18.2 Å². The van der Waals surface area contributed by atoms with E-state index in [1.54, 1.807) is 0 Å². The Kier molecular flexibility index (Phi) is 5.84. The van der Waals surface area contributed by atoms with Crippen molar-refractivity contribution in [2.75, 3.05) is 26.2 Å². The van der Waals surface area contributed by atoms with Gasteiger partial charge >= 0.3 is 0 Å². The van der Waals surface area contributed by atoms with Crippen LogP contribution in [0.3, 0.4) is 0 Å². The summed E-state index contributed by atoms with van der Waals surface area (Å²) in [5.74, 6) is 0.0841. The van der Waals surface area contributed by atoms with Crippen LogP contribution in [0.5, 0.6) is 0 Å². The highest BCUT2D eigenvalue weighted by Gasteiger charge is 2.27. The molecule has 2 rings (SSSR count). The van der Waals surface area contributed by atoms with Crippen LogP contribution in [0.25, 0.3) is 0 Å². The third kappa shape index (κ3) is 4.70. The number of hydrogen-bond acceptors (Lipinski definition) is 3. The molecule has 0 radical (unpaired) electrons. The molecule has 1 unspecified atom stereocenters. The van der Waals surface area contributed by atoms with Crippen LogP contribution >= 0.6 is 11.6 Å². The molecule has 2 N–H and O–H groups in total. The largest absolute Gasteiger partial charge is 0.350 e. The second kappa shape index (κ2) is 7.44. The fraction of sp³-hybridized carbons (Fsp3) is 0.588. The van der Waals surface area contributed by atoms with E-state index in [0.717, 1.165) is 36.6 Å². The van der Waals surface area contributed by atoms with Crippen LogP contribution in [0.1, 0.15) is 38.8 Å². The van der Waals surface area contributed by atoms with Crippen molar-refractivity contribution in [1.82, 2.24) is 15.5 Å². The van der Waals surface area contributed by atoms with E-state index >= 15 is 0 Å². The minimum Gasteiger partial charge on any atom is -0.350 e. The molecule has 5 heteroatoms. The van der Waals surface area contributed by atoms with Gasteiger partial charge in [-0.3, -0.25) is 9.69 Å². The molecule has 1 atom stereocenters. The maximum Gasteiger partial charge on any atom is 0.234 e. The third-order valence-corrected chi connectivity index (χ3v) is 4.53. The molecule has 0 saturated carbocycles. The molecule has 0 aromatic heterocycles. The van der Waals surface area contributed by atoms with Gasteiger partial charge in [-0.2, -0.15) is 0 Å². The van der Waals surface area contributed by atoms with Crippen LogP contribution < -0.4 is 10.6 Å². The predicted molar refractivity (Wildman–Crippen MR) is 91.1 cm³/mol. The van der Waals surface area contributed by atoms with Crippen molar-refractivity contribution in [3.8, 4) is 0 Å². The van der Waals surface area contributed by atoms with Crippen LogP contribution in [0.4, 0.5) is 0 Å². The SMILES string of the molecule is CCC(C)(C)NC(=O)CN1CCNCC1c1cccc(Cl)c1. The van der Waals surface area contributed by atoms with Gasteiger partial charge in [-0.05, 0) is 38.0 Å². The highest BCUT2D eigenvalue weighted by molar-refractivity contribution is 6.30. The van der Waals surface area contributed by atoms with Gasteiger partial charge in [0, 0.05) is 36.2 Å². The summed E-state index contributed by atoms with van der Waals surface area (Å²) in [5, 5.41) is 7.24. The van der Waals surface area contributed by atoms with E-state index in [-0.39, 0.29) is 17.5 Å². The Morgan fingerprint density at radius 1 is 1.50 bits per heavy atom. The van der Waals surface area contributed by atoms with Crippen molar-refractivity contribution in [2.45, 2.75) is 38.8 Å².